The Balaban J connectivity index is 1.78. The number of imide groups is 1. The summed E-state index contributed by atoms with van der Waals surface area (Å²) in [6, 6.07) is 2.99. The Bertz CT molecular complexity index is 961. The van der Waals surface area contributed by atoms with E-state index >= 15 is 0 Å². The molecule has 2 saturated heterocycles. The zero-order chi connectivity index (χ0) is 23.3. The molecule has 2 aliphatic rings. The molecule has 2 fully saturated rings. The van der Waals surface area contributed by atoms with Crippen LogP contribution in [0.2, 0.25) is 5.02 Å². The number of nitrogens with zero attached hydrogens (tertiary/aromatic N) is 2. The third-order valence-electron chi connectivity index (χ3n) is 4.50. The number of carbonyl (C=O) groups is 4. The molecule has 12 heteroatoms. The smallest absolute Gasteiger partial charge is 0.341 e. The third kappa shape index (κ3) is 5.72. The normalized spacial score (nSPS) is 17.8. The second-order valence-electron chi connectivity index (χ2n) is 6.71. The zero-order valence-electron chi connectivity index (χ0n) is 17.2. The van der Waals surface area contributed by atoms with E-state index in [2.05, 4.69) is 0 Å². The van der Waals surface area contributed by atoms with E-state index in [1.54, 1.807) is 11.8 Å². The molecule has 0 bridgehead atoms. The number of halogens is 1. The number of carbonyl (C=O) groups excluding carboxylic acids is 3. The van der Waals surface area contributed by atoms with E-state index in [9.17, 15) is 19.2 Å². The van der Waals surface area contributed by atoms with Crippen LogP contribution >= 0.6 is 23.4 Å². The summed E-state index contributed by atoms with van der Waals surface area (Å²) in [4.78, 5) is 50.9. The molecule has 1 aromatic rings. The number of hydrogen-bond donors (Lipinski definition) is 1. The Hall–Kier alpha value is -2.76. The summed E-state index contributed by atoms with van der Waals surface area (Å²) in [6.45, 7) is 2.73. The first kappa shape index (κ1) is 23.9. The molecule has 2 aliphatic heterocycles. The number of amides is 3. The van der Waals surface area contributed by atoms with Crippen molar-refractivity contribution in [3.63, 3.8) is 0 Å². The fraction of sp³-hybridized carbons (Fsp3) is 0.400. The van der Waals surface area contributed by atoms with E-state index in [4.69, 9.17) is 30.9 Å². The van der Waals surface area contributed by atoms with Gasteiger partial charge in [0.15, 0.2) is 18.1 Å². The summed E-state index contributed by atoms with van der Waals surface area (Å²) in [5.41, 5.74) is 0.450. The summed E-state index contributed by atoms with van der Waals surface area (Å²) in [6.07, 6.45) is 1.46. The molecule has 1 aromatic carbocycles. The second kappa shape index (κ2) is 10.7. The van der Waals surface area contributed by atoms with Crippen molar-refractivity contribution in [2.45, 2.75) is 6.92 Å². The van der Waals surface area contributed by atoms with Crippen molar-refractivity contribution in [1.82, 2.24) is 9.80 Å². The molecule has 1 N–H and O–H groups in total. The van der Waals surface area contributed by atoms with Gasteiger partial charge in [0, 0.05) is 13.1 Å². The molecule has 0 radical (unpaired) electrons. The fourth-order valence-electron chi connectivity index (χ4n) is 3.04. The van der Waals surface area contributed by atoms with Gasteiger partial charge in [0.25, 0.3) is 11.1 Å². The molecule has 0 atom stereocenters. The Labute approximate surface area is 193 Å². The fourth-order valence-corrected chi connectivity index (χ4v) is 4.16. The molecular formula is C20H21ClN2O8S. The summed E-state index contributed by atoms with van der Waals surface area (Å²) >= 11 is 6.95. The first-order valence-corrected chi connectivity index (χ1v) is 10.9. The number of carboxylic acids is 1. The molecular weight excluding hydrogens is 464 g/mol. The Morgan fingerprint density at radius 2 is 1.97 bits per heavy atom. The lowest BCUT2D eigenvalue weighted by Crippen LogP contribution is -2.46. The SMILES string of the molecule is CCOc1cc(/C=C2/SC(=O)N(CC(=O)N3CCOCC3)C2=O)cc(Cl)c1OCC(=O)O. The Kier molecular flexibility index (Phi) is 7.99. The van der Waals surface area contributed by atoms with Crippen LogP contribution in [-0.4, -0.2) is 84.0 Å². The first-order valence-electron chi connectivity index (χ1n) is 9.72. The lowest BCUT2D eigenvalue weighted by atomic mass is 10.1. The summed E-state index contributed by atoms with van der Waals surface area (Å²) in [5.74, 6) is -1.81. The minimum Gasteiger partial charge on any atom is -0.490 e. The monoisotopic (exact) mass is 484 g/mol. The van der Waals surface area contributed by atoms with Gasteiger partial charge in [0.2, 0.25) is 5.91 Å². The highest BCUT2D eigenvalue weighted by atomic mass is 35.5. The van der Waals surface area contributed by atoms with E-state index < -0.39 is 23.7 Å². The van der Waals surface area contributed by atoms with Crippen LogP contribution in [0.4, 0.5) is 4.79 Å². The van der Waals surface area contributed by atoms with Gasteiger partial charge in [-0.3, -0.25) is 19.3 Å². The number of morpholine rings is 1. The third-order valence-corrected chi connectivity index (χ3v) is 5.69. The number of carboxylic acid groups (broad SMARTS) is 1. The maximum absolute atomic E-state index is 12.7. The molecule has 3 amide bonds. The average molecular weight is 485 g/mol. The van der Waals surface area contributed by atoms with Crippen LogP contribution in [0.5, 0.6) is 11.5 Å². The summed E-state index contributed by atoms with van der Waals surface area (Å²) in [5, 5.41) is 8.37. The highest BCUT2D eigenvalue weighted by Crippen LogP contribution is 2.39. The predicted molar refractivity (Wildman–Crippen MR) is 116 cm³/mol. The number of thioether (sulfide) groups is 1. The van der Waals surface area contributed by atoms with Gasteiger partial charge in [-0.15, -0.1) is 0 Å². The molecule has 10 nitrogen and oxygen atoms in total. The van der Waals surface area contributed by atoms with Crippen molar-refractivity contribution in [3.8, 4) is 11.5 Å². The number of rotatable bonds is 8. The summed E-state index contributed by atoms with van der Waals surface area (Å²) < 4.78 is 15.9. The van der Waals surface area contributed by atoms with Gasteiger partial charge in [0.1, 0.15) is 6.54 Å². The van der Waals surface area contributed by atoms with Crippen LogP contribution in [0.1, 0.15) is 12.5 Å². The van der Waals surface area contributed by atoms with Crippen molar-refractivity contribution < 1.29 is 38.5 Å². The molecule has 0 aliphatic carbocycles. The van der Waals surface area contributed by atoms with Gasteiger partial charge in [-0.2, -0.15) is 0 Å². The minimum absolute atomic E-state index is 0.0669. The van der Waals surface area contributed by atoms with Crippen molar-refractivity contribution in [3.05, 3.63) is 27.6 Å². The van der Waals surface area contributed by atoms with Crippen molar-refractivity contribution in [2.24, 2.45) is 0 Å². The zero-order valence-corrected chi connectivity index (χ0v) is 18.7. The van der Waals surface area contributed by atoms with Gasteiger partial charge in [0.05, 0.1) is 29.7 Å². The number of aliphatic carboxylic acids is 1. The lowest BCUT2D eigenvalue weighted by molar-refractivity contribution is -0.139. The maximum Gasteiger partial charge on any atom is 0.341 e. The van der Waals surface area contributed by atoms with E-state index in [0.717, 1.165) is 16.7 Å². The van der Waals surface area contributed by atoms with Gasteiger partial charge < -0.3 is 24.2 Å². The number of hydrogen-bond acceptors (Lipinski definition) is 8. The second-order valence-corrected chi connectivity index (χ2v) is 8.11. The first-order chi connectivity index (χ1) is 15.3. The highest BCUT2D eigenvalue weighted by molar-refractivity contribution is 8.18. The Morgan fingerprint density at radius 3 is 2.62 bits per heavy atom. The molecule has 3 rings (SSSR count). The van der Waals surface area contributed by atoms with Crippen LogP contribution in [-0.2, 0) is 19.1 Å². The van der Waals surface area contributed by atoms with E-state index in [0.29, 0.717) is 31.9 Å². The Morgan fingerprint density at radius 1 is 1.25 bits per heavy atom. The van der Waals surface area contributed by atoms with Crippen LogP contribution in [0, 0.1) is 0 Å². The van der Waals surface area contributed by atoms with E-state index in [-0.39, 0.29) is 40.5 Å². The van der Waals surface area contributed by atoms with Crippen LogP contribution in [0.25, 0.3) is 6.08 Å². The van der Waals surface area contributed by atoms with Crippen LogP contribution in [0.3, 0.4) is 0 Å². The van der Waals surface area contributed by atoms with Crippen molar-refractivity contribution >= 4 is 52.5 Å². The summed E-state index contributed by atoms with van der Waals surface area (Å²) in [7, 11) is 0. The molecule has 0 spiro atoms. The minimum atomic E-state index is -1.17. The van der Waals surface area contributed by atoms with Gasteiger partial charge >= 0.3 is 5.97 Å². The van der Waals surface area contributed by atoms with Crippen molar-refractivity contribution in [2.75, 3.05) is 46.1 Å². The quantitative estimate of drug-likeness (QED) is 0.552. The number of benzene rings is 1. The lowest BCUT2D eigenvalue weighted by Gasteiger charge is -2.28. The van der Waals surface area contributed by atoms with Gasteiger partial charge in [-0.1, -0.05) is 11.6 Å². The maximum atomic E-state index is 12.7. The largest absolute Gasteiger partial charge is 0.490 e. The molecule has 0 saturated carbocycles. The van der Waals surface area contributed by atoms with Crippen molar-refractivity contribution in [1.29, 1.82) is 0 Å². The van der Waals surface area contributed by atoms with Crippen LogP contribution < -0.4 is 9.47 Å². The molecule has 172 valence electrons. The molecule has 0 unspecified atom stereocenters. The topological polar surface area (TPSA) is 123 Å². The van der Waals surface area contributed by atoms with Crippen LogP contribution in [0.15, 0.2) is 17.0 Å². The van der Waals surface area contributed by atoms with Gasteiger partial charge in [-0.25, -0.2) is 4.79 Å². The van der Waals surface area contributed by atoms with E-state index in [1.807, 2.05) is 0 Å². The molecule has 32 heavy (non-hydrogen) atoms. The number of ether oxygens (including phenoxy) is 3. The molecule has 0 aromatic heterocycles. The standard InChI is InChI=1S/C20H21ClN2O8S/c1-2-30-14-8-12(7-13(21)18(14)31-11-17(25)26)9-15-19(27)23(20(28)32-15)10-16(24)22-3-5-29-6-4-22/h7-9H,2-6,10-11H2,1H3,(H,25,26)/b15-9+. The van der Waals surface area contributed by atoms with Gasteiger partial charge in [-0.05, 0) is 42.5 Å². The molecule has 2 heterocycles. The average Bonchev–Trinajstić information content (AvgIpc) is 3.01. The van der Waals surface area contributed by atoms with E-state index in [1.165, 1.54) is 18.2 Å². The highest BCUT2D eigenvalue weighted by Gasteiger charge is 2.37. The predicted octanol–water partition coefficient (Wildman–Crippen LogP) is 2.10.